The molecule has 3 heteroatoms. The lowest BCUT2D eigenvalue weighted by molar-refractivity contribution is -0.0757. The van der Waals surface area contributed by atoms with Crippen LogP contribution in [0.5, 0.6) is 0 Å². The molecule has 0 saturated carbocycles. The van der Waals surface area contributed by atoms with Crippen LogP contribution in [0.2, 0.25) is 0 Å². The number of ether oxygens (including phenoxy) is 1. The van der Waals surface area contributed by atoms with Crippen molar-refractivity contribution in [1.82, 2.24) is 9.80 Å². The maximum absolute atomic E-state index is 6.17. The van der Waals surface area contributed by atoms with Crippen LogP contribution in [0, 0.1) is 0 Å². The summed E-state index contributed by atoms with van der Waals surface area (Å²) >= 11 is 0. The van der Waals surface area contributed by atoms with Gasteiger partial charge < -0.3 is 9.64 Å². The zero-order chi connectivity index (χ0) is 13.9. The molecule has 0 aromatic heterocycles. The van der Waals surface area contributed by atoms with E-state index in [4.69, 9.17) is 4.74 Å². The lowest BCUT2D eigenvalue weighted by Crippen LogP contribution is -2.49. The van der Waals surface area contributed by atoms with E-state index in [9.17, 15) is 0 Å². The van der Waals surface area contributed by atoms with Gasteiger partial charge in [-0.3, -0.25) is 4.90 Å². The first-order valence-corrected chi connectivity index (χ1v) is 7.84. The second-order valence-corrected chi connectivity index (χ2v) is 6.29. The Labute approximate surface area is 122 Å². The lowest BCUT2D eigenvalue weighted by Gasteiger charge is -2.41. The number of hydrogen-bond donors (Lipinski definition) is 0. The fraction of sp³-hybridized carbons (Fsp3) is 0.647. The highest BCUT2D eigenvalue weighted by molar-refractivity contribution is 5.32. The summed E-state index contributed by atoms with van der Waals surface area (Å²) in [6.45, 7) is 4.23. The number of likely N-dealkylation sites (N-methyl/N-ethyl adjacent to an activating group) is 1. The Bertz CT molecular complexity index is 446. The summed E-state index contributed by atoms with van der Waals surface area (Å²) in [6.07, 6.45) is 4.02. The van der Waals surface area contributed by atoms with E-state index in [1.807, 2.05) is 0 Å². The molecule has 110 valence electrons. The summed E-state index contributed by atoms with van der Waals surface area (Å²) in [5.74, 6) is 0. The van der Waals surface area contributed by atoms with E-state index < -0.39 is 0 Å². The van der Waals surface area contributed by atoms with E-state index in [-0.39, 0.29) is 6.10 Å². The molecule has 3 nitrogen and oxygen atoms in total. The summed E-state index contributed by atoms with van der Waals surface area (Å²) in [7, 11) is 4.31. The molecule has 0 unspecified atom stereocenters. The van der Waals surface area contributed by atoms with Gasteiger partial charge in [0.25, 0.3) is 0 Å². The Morgan fingerprint density at radius 2 is 2.15 bits per heavy atom. The molecule has 1 aliphatic heterocycles. The Hall–Kier alpha value is -0.900. The summed E-state index contributed by atoms with van der Waals surface area (Å²) < 4.78 is 6.17. The third-order valence-corrected chi connectivity index (χ3v) is 4.64. The molecule has 0 spiro atoms. The van der Waals surface area contributed by atoms with Crippen LogP contribution in [0.4, 0.5) is 0 Å². The number of morpholine rings is 1. The molecule has 3 rings (SSSR count). The molecule has 20 heavy (non-hydrogen) atoms. The number of fused-ring (bicyclic) bond motifs is 3. The van der Waals surface area contributed by atoms with Gasteiger partial charge in [-0.15, -0.1) is 0 Å². The zero-order valence-corrected chi connectivity index (χ0v) is 12.7. The van der Waals surface area contributed by atoms with Gasteiger partial charge in [0.15, 0.2) is 0 Å². The van der Waals surface area contributed by atoms with Crippen molar-refractivity contribution >= 4 is 0 Å². The first-order valence-electron chi connectivity index (χ1n) is 7.84. The van der Waals surface area contributed by atoms with Gasteiger partial charge in [0.2, 0.25) is 0 Å². The average Bonchev–Trinajstić information content (AvgIpc) is 2.65. The van der Waals surface area contributed by atoms with Crippen molar-refractivity contribution in [2.45, 2.75) is 31.4 Å². The molecule has 2 aliphatic rings. The van der Waals surface area contributed by atoms with Gasteiger partial charge in [-0.25, -0.2) is 0 Å². The molecular formula is C17H26N2O. The second-order valence-electron chi connectivity index (χ2n) is 6.29. The predicted octanol–water partition coefficient (Wildman–Crippen LogP) is 2.33. The highest BCUT2D eigenvalue weighted by atomic mass is 16.5. The van der Waals surface area contributed by atoms with Gasteiger partial charge in [-0.05, 0) is 44.5 Å². The average molecular weight is 274 g/mol. The predicted molar refractivity (Wildman–Crippen MR) is 82.0 cm³/mol. The van der Waals surface area contributed by atoms with Crippen LogP contribution in [-0.2, 0) is 11.2 Å². The second kappa shape index (κ2) is 6.25. The number of nitrogens with zero attached hydrogens (tertiary/aromatic N) is 2. The Morgan fingerprint density at radius 1 is 1.30 bits per heavy atom. The standard InChI is InChI=1S/C17H26N2O/c1-18(2)10-11-19-12-13-20-17-15-8-4-3-6-14(15)7-5-9-16(17)19/h3-4,6,8,16-17H,5,7,9-13H2,1-2H3/t16-,17-/m0/s1. The lowest BCUT2D eigenvalue weighted by atomic mass is 9.96. The van der Waals surface area contributed by atoms with Gasteiger partial charge in [0.05, 0.1) is 12.7 Å². The van der Waals surface area contributed by atoms with E-state index >= 15 is 0 Å². The van der Waals surface area contributed by atoms with Gasteiger partial charge in [-0.1, -0.05) is 24.3 Å². The molecule has 1 saturated heterocycles. The largest absolute Gasteiger partial charge is 0.371 e. The van der Waals surface area contributed by atoms with Crippen LogP contribution in [0.15, 0.2) is 24.3 Å². The van der Waals surface area contributed by atoms with Crippen molar-refractivity contribution in [2.75, 3.05) is 40.3 Å². The topological polar surface area (TPSA) is 15.7 Å². The third-order valence-electron chi connectivity index (χ3n) is 4.64. The minimum Gasteiger partial charge on any atom is -0.371 e. The highest BCUT2D eigenvalue weighted by Gasteiger charge is 2.35. The first-order chi connectivity index (χ1) is 9.75. The molecule has 0 amide bonds. The van der Waals surface area contributed by atoms with Crippen LogP contribution < -0.4 is 0 Å². The number of aryl methyl sites for hydroxylation is 1. The molecule has 1 aliphatic carbocycles. The van der Waals surface area contributed by atoms with Crippen LogP contribution in [0.3, 0.4) is 0 Å². The van der Waals surface area contributed by atoms with Crippen molar-refractivity contribution in [3.63, 3.8) is 0 Å². The zero-order valence-electron chi connectivity index (χ0n) is 12.7. The minimum absolute atomic E-state index is 0.282. The van der Waals surface area contributed by atoms with Crippen LogP contribution in [0.1, 0.15) is 30.1 Å². The fourth-order valence-electron chi connectivity index (χ4n) is 3.54. The summed E-state index contributed by atoms with van der Waals surface area (Å²) in [5, 5.41) is 0. The molecule has 1 fully saturated rings. The van der Waals surface area contributed by atoms with E-state index in [1.165, 1.54) is 30.4 Å². The van der Waals surface area contributed by atoms with Crippen molar-refractivity contribution in [2.24, 2.45) is 0 Å². The summed E-state index contributed by atoms with van der Waals surface area (Å²) in [4.78, 5) is 4.92. The van der Waals surface area contributed by atoms with Gasteiger partial charge in [0, 0.05) is 25.7 Å². The van der Waals surface area contributed by atoms with Gasteiger partial charge in [0.1, 0.15) is 0 Å². The van der Waals surface area contributed by atoms with E-state index in [0.29, 0.717) is 6.04 Å². The van der Waals surface area contributed by atoms with Gasteiger partial charge in [-0.2, -0.15) is 0 Å². The molecule has 1 aromatic carbocycles. The number of rotatable bonds is 3. The van der Waals surface area contributed by atoms with E-state index in [1.54, 1.807) is 0 Å². The quantitative estimate of drug-likeness (QED) is 0.841. The maximum Gasteiger partial charge on any atom is 0.0983 e. The Kier molecular flexibility index (Phi) is 4.39. The van der Waals surface area contributed by atoms with Crippen LogP contribution in [0.25, 0.3) is 0 Å². The molecule has 1 heterocycles. The Morgan fingerprint density at radius 3 is 3.00 bits per heavy atom. The van der Waals surface area contributed by atoms with Crippen molar-refractivity contribution in [1.29, 1.82) is 0 Å². The Balaban J connectivity index is 1.80. The highest BCUT2D eigenvalue weighted by Crippen LogP contribution is 2.36. The van der Waals surface area contributed by atoms with E-state index in [2.05, 4.69) is 48.2 Å². The molecule has 0 bridgehead atoms. The van der Waals surface area contributed by atoms with Crippen molar-refractivity contribution < 1.29 is 4.74 Å². The summed E-state index contributed by atoms with van der Waals surface area (Å²) in [6, 6.07) is 9.43. The summed E-state index contributed by atoms with van der Waals surface area (Å²) in [5.41, 5.74) is 2.93. The normalized spacial score (nSPS) is 26.9. The maximum atomic E-state index is 6.17. The van der Waals surface area contributed by atoms with Crippen LogP contribution >= 0.6 is 0 Å². The monoisotopic (exact) mass is 274 g/mol. The van der Waals surface area contributed by atoms with Crippen molar-refractivity contribution in [3.8, 4) is 0 Å². The van der Waals surface area contributed by atoms with E-state index in [0.717, 1.165) is 26.2 Å². The third kappa shape index (κ3) is 2.90. The first kappa shape index (κ1) is 14.1. The molecule has 0 N–H and O–H groups in total. The molecule has 0 radical (unpaired) electrons. The molecule has 1 aromatic rings. The van der Waals surface area contributed by atoms with Gasteiger partial charge >= 0.3 is 0 Å². The van der Waals surface area contributed by atoms with Crippen LogP contribution in [-0.4, -0.2) is 56.2 Å². The smallest absolute Gasteiger partial charge is 0.0983 e. The number of hydrogen-bond acceptors (Lipinski definition) is 3. The SMILES string of the molecule is CN(C)CCN1CCO[C@H]2c3ccccc3CCC[C@@H]21. The number of benzene rings is 1. The van der Waals surface area contributed by atoms with Crippen molar-refractivity contribution in [3.05, 3.63) is 35.4 Å². The minimum atomic E-state index is 0.282. The molecular weight excluding hydrogens is 248 g/mol. The molecule has 2 atom stereocenters. The fourth-order valence-corrected chi connectivity index (χ4v) is 3.54.